The van der Waals surface area contributed by atoms with Crippen LogP contribution in [0.2, 0.25) is 5.02 Å². The molecule has 0 heterocycles. The van der Waals surface area contributed by atoms with Gasteiger partial charge in [0.1, 0.15) is 0 Å². The van der Waals surface area contributed by atoms with Gasteiger partial charge in [-0.3, -0.25) is 4.79 Å². The molecule has 2 N–H and O–H groups in total. The highest BCUT2D eigenvalue weighted by Gasteiger charge is 2.22. The molecule has 1 atom stereocenters. The molecule has 0 bridgehead atoms. The van der Waals surface area contributed by atoms with Crippen LogP contribution in [-0.2, 0) is 4.79 Å². The molecule has 5 heteroatoms. The van der Waals surface area contributed by atoms with E-state index in [1.54, 1.807) is 48.5 Å². The van der Waals surface area contributed by atoms with E-state index in [-0.39, 0.29) is 0 Å². The first-order valence-electron chi connectivity index (χ1n) is 6.33. The van der Waals surface area contributed by atoms with Gasteiger partial charge in [0.2, 0.25) is 0 Å². The molecular formula is C16H14ClNO3. The number of aliphatic carboxylic acids is 1. The molecule has 0 saturated carbocycles. The summed E-state index contributed by atoms with van der Waals surface area (Å²) in [5.41, 5.74) is 1.91. The number of carboxylic acids is 1. The Bertz CT molecular complexity index is 650. The van der Waals surface area contributed by atoms with Gasteiger partial charge in [0.05, 0.1) is 0 Å². The van der Waals surface area contributed by atoms with E-state index in [2.05, 4.69) is 5.32 Å². The summed E-state index contributed by atoms with van der Waals surface area (Å²) in [5.74, 6) is -1.56. The van der Waals surface area contributed by atoms with Gasteiger partial charge in [0.15, 0.2) is 6.04 Å². The van der Waals surface area contributed by atoms with Gasteiger partial charge in [-0.05, 0) is 36.8 Å². The van der Waals surface area contributed by atoms with Gasteiger partial charge >= 0.3 is 5.97 Å². The van der Waals surface area contributed by atoms with Crippen LogP contribution in [0.4, 0.5) is 0 Å². The molecule has 0 fully saturated rings. The third-order valence-corrected chi connectivity index (χ3v) is 3.29. The molecular weight excluding hydrogens is 290 g/mol. The number of carboxylic acid groups (broad SMARTS) is 1. The average molecular weight is 304 g/mol. The minimum absolute atomic E-state index is 0.417. The molecule has 0 radical (unpaired) electrons. The Balaban J connectivity index is 2.20. The SMILES string of the molecule is Cc1ccc(C(=O)NC(C(=O)O)c2ccc(Cl)cc2)cc1. The maximum atomic E-state index is 12.1. The fourth-order valence-corrected chi connectivity index (χ4v) is 1.99. The summed E-state index contributed by atoms with van der Waals surface area (Å²) in [6, 6.07) is 12.1. The minimum Gasteiger partial charge on any atom is -0.479 e. The van der Waals surface area contributed by atoms with E-state index in [1.807, 2.05) is 6.92 Å². The van der Waals surface area contributed by atoms with Crippen LogP contribution in [0.15, 0.2) is 48.5 Å². The Kier molecular flexibility index (Phi) is 4.60. The van der Waals surface area contributed by atoms with Crippen LogP contribution in [0.3, 0.4) is 0 Å². The van der Waals surface area contributed by atoms with Crippen molar-refractivity contribution in [2.24, 2.45) is 0 Å². The topological polar surface area (TPSA) is 66.4 Å². The molecule has 2 aromatic carbocycles. The second kappa shape index (κ2) is 6.41. The van der Waals surface area contributed by atoms with E-state index in [4.69, 9.17) is 11.6 Å². The Labute approximate surface area is 127 Å². The molecule has 0 saturated heterocycles. The second-order valence-corrected chi connectivity index (χ2v) is 5.10. The number of amides is 1. The molecule has 2 rings (SSSR count). The maximum Gasteiger partial charge on any atom is 0.330 e. The largest absolute Gasteiger partial charge is 0.479 e. The molecule has 2 aromatic rings. The van der Waals surface area contributed by atoms with E-state index >= 15 is 0 Å². The third-order valence-electron chi connectivity index (χ3n) is 3.04. The fourth-order valence-electron chi connectivity index (χ4n) is 1.86. The van der Waals surface area contributed by atoms with Crippen LogP contribution in [0.5, 0.6) is 0 Å². The van der Waals surface area contributed by atoms with Crippen LogP contribution in [0.25, 0.3) is 0 Å². The van der Waals surface area contributed by atoms with Gasteiger partial charge in [-0.15, -0.1) is 0 Å². The standard InChI is InChI=1S/C16H14ClNO3/c1-10-2-4-12(5-3-10)15(19)18-14(16(20)21)11-6-8-13(17)9-7-11/h2-9,14H,1H3,(H,18,19)(H,20,21). The molecule has 0 aromatic heterocycles. The number of halogens is 1. The van der Waals surface area contributed by atoms with E-state index in [1.165, 1.54) is 0 Å². The Hall–Kier alpha value is -2.33. The zero-order valence-corrected chi connectivity index (χ0v) is 12.1. The predicted octanol–water partition coefficient (Wildman–Crippen LogP) is 3.20. The number of aryl methyl sites for hydroxylation is 1. The Morgan fingerprint density at radius 2 is 1.62 bits per heavy atom. The smallest absolute Gasteiger partial charge is 0.330 e. The Morgan fingerprint density at radius 1 is 1.05 bits per heavy atom. The first-order chi connectivity index (χ1) is 9.97. The van der Waals surface area contributed by atoms with Gasteiger partial charge in [0, 0.05) is 10.6 Å². The predicted molar refractivity (Wildman–Crippen MR) is 80.5 cm³/mol. The summed E-state index contributed by atoms with van der Waals surface area (Å²) in [6.07, 6.45) is 0. The molecule has 0 aliphatic heterocycles. The molecule has 0 aliphatic carbocycles. The fraction of sp³-hybridized carbons (Fsp3) is 0.125. The number of benzene rings is 2. The number of carbonyl (C=O) groups is 2. The highest BCUT2D eigenvalue weighted by molar-refractivity contribution is 6.30. The van der Waals surface area contributed by atoms with Crippen LogP contribution >= 0.6 is 11.6 Å². The van der Waals surface area contributed by atoms with Crippen molar-refractivity contribution in [1.82, 2.24) is 5.32 Å². The summed E-state index contributed by atoms with van der Waals surface area (Å²) in [5, 5.41) is 12.3. The third kappa shape index (κ3) is 3.83. The van der Waals surface area contributed by atoms with Crippen molar-refractivity contribution in [2.75, 3.05) is 0 Å². The summed E-state index contributed by atoms with van der Waals surface area (Å²) in [6.45, 7) is 1.91. The summed E-state index contributed by atoms with van der Waals surface area (Å²) in [4.78, 5) is 23.5. The zero-order valence-electron chi connectivity index (χ0n) is 11.3. The number of hydrogen-bond donors (Lipinski definition) is 2. The van der Waals surface area contributed by atoms with Crippen molar-refractivity contribution in [3.63, 3.8) is 0 Å². The number of carbonyl (C=O) groups excluding carboxylic acids is 1. The molecule has 1 amide bonds. The van der Waals surface area contributed by atoms with E-state index < -0.39 is 17.9 Å². The summed E-state index contributed by atoms with van der Waals surface area (Å²) >= 11 is 5.78. The number of nitrogens with one attached hydrogen (secondary N) is 1. The molecule has 108 valence electrons. The molecule has 1 unspecified atom stereocenters. The summed E-state index contributed by atoms with van der Waals surface area (Å²) < 4.78 is 0. The lowest BCUT2D eigenvalue weighted by Gasteiger charge is -2.15. The lowest BCUT2D eigenvalue weighted by Crippen LogP contribution is -2.33. The van der Waals surface area contributed by atoms with Crippen LogP contribution in [0.1, 0.15) is 27.5 Å². The normalized spacial score (nSPS) is 11.7. The van der Waals surface area contributed by atoms with E-state index in [0.29, 0.717) is 16.1 Å². The summed E-state index contributed by atoms with van der Waals surface area (Å²) in [7, 11) is 0. The highest BCUT2D eigenvalue weighted by Crippen LogP contribution is 2.17. The van der Waals surface area contributed by atoms with Crippen molar-refractivity contribution in [1.29, 1.82) is 0 Å². The first-order valence-corrected chi connectivity index (χ1v) is 6.71. The number of rotatable bonds is 4. The zero-order chi connectivity index (χ0) is 15.4. The average Bonchev–Trinajstić information content (AvgIpc) is 2.46. The van der Waals surface area contributed by atoms with Gasteiger partial charge < -0.3 is 10.4 Å². The molecule has 0 spiro atoms. The Morgan fingerprint density at radius 3 is 2.14 bits per heavy atom. The quantitative estimate of drug-likeness (QED) is 0.911. The van der Waals surface area contributed by atoms with Crippen molar-refractivity contribution in [3.05, 3.63) is 70.2 Å². The van der Waals surface area contributed by atoms with Gasteiger partial charge in [-0.25, -0.2) is 4.79 Å². The van der Waals surface area contributed by atoms with E-state index in [9.17, 15) is 14.7 Å². The van der Waals surface area contributed by atoms with E-state index in [0.717, 1.165) is 5.56 Å². The lowest BCUT2D eigenvalue weighted by molar-refractivity contribution is -0.139. The number of hydrogen-bond acceptors (Lipinski definition) is 2. The van der Waals surface area contributed by atoms with Gasteiger partial charge in [-0.1, -0.05) is 41.4 Å². The van der Waals surface area contributed by atoms with Gasteiger partial charge in [0.25, 0.3) is 5.91 Å². The first kappa shape index (κ1) is 15.1. The van der Waals surface area contributed by atoms with Crippen molar-refractivity contribution < 1.29 is 14.7 Å². The molecule has 21 heavy (non-hydrogen) atoms. The van der Waals surface area contributed by atoms with Crippen LogP contribution in [-0.4, -0.2) is 17.0 Å². The van der Waals surface area contributed by atoms with Crippen molar-refractivity contribution >= 4 is 23.5 Å². The van der Waals surface area contributed by atoms with Crippen LogP contribution < -0.4 is 5.32 Å². The minimum atomic E-state index is -1.13. The highest BCUT2D eigenvalue weighted by atomic mass is 35.5. The molecule has 0 aliphatic rings. The van der Waals surface area contributed by atoms with Crippen LogP contribution in [0, 0.1) is 6.92 Å². The monoisotopic (exact) mass is 303 g/mol. The van der Waals surface area contributed by atoms with Crippen molar-refractivity contribution in [3.8, 4) is 0 Å². The van der Waals surface area contributed by atoms with Gasteiger partial charge in [-0.2, -0.15) is 0 Å². The second-order valence-electron chi connectivity index (χ2n) is 4.66. The molecule has 4 nitrogen and oxygen atoms in total. The van der Waals surface area contributed by atoms with Crippen molar-refractivity contribution in [2.45, 2.75) is 13.0 Å². The lowest BCUT2D eigenvalue weighted by atomic mass is 10.1. The maximum absolute atomic E-state index is 12.1.